The summed E-state index contributed by atoms with van der Waals surface area (Å²) >= 11 is 0. The number of hydrogen-bond donors (Lipinski definition) is 1. The summed E-state index contributed by atoms with van der Waals surface area (Å²) in [5.41, 5.74) is 9.09. The van der Waals surface area contributed by atoms with Gasteiger partial charge >= 0.3 is 0 Å². The highest BCUT2D eigenvalue weighted by Gasteiger charge is 2.10. The molecule has 1 heterocycles. The van der Waals surface area contributed by atoms with Gasteiger partial charge in [0, 0.05) is 13.6 Å². The van der Waals surface area contributed by atoms with Gasteiger partial charge in [-0.15, -0.1) is 0 Å². The van der Waals surface area contributed by atoms with Crippen molar-refractivity contribution in [1.29, 1.82) is 5.26 Å². The standard InChI is InChI=1S/C15H16N4/c1-11-5-3-4-6-12(11)10-19(2)15-13(8-16)7-14(17)9-18-15/h3-7,9H,10,17H2,1-2H3. The first-order valence-corrected chi connectivity index (χ1v) is 6.03. The molecule has 0 bridgehead atoms. The number of rotatable bonds is 3. The predicted molar refractivity (Wildman–Crippen MR) is 76.7 cm³/mol. The van der Waals surface area contributed by atoms with Gasteiger partial charge in [-0.1, -0.05) is 24.3 Å². The molecule has 0 saturated heterocycles. The second-order valence-electron chi connectivity index (χ2n) is 4.53. The molecule has 0 saturated carbocycles. The predicted octanol–water partition coefficient (Wildman–Crippen LogP) is 2.48. The molecule has 0 radical (unpaired) electrons. The molecule has 0 aliphatic carbocycles. The number of benzene rings is 1. The van der Waals surface area contributed by atoms with E-state index >= 15 is 0 Å². The Morgan fingerprint density at radius 3 is 2.79 bits per heavy atom. The minimum atomic E-state index is 0.496. The molecule has 4 heteroatoms. The normalized spacial score (nSPS) is 9.95. The first-order valence-electron chi connectivity index (χ1n) is 6.03. The van der Waals surface area contributed by atoms with Gasteiger partial charge in [0.25, 0.3) is 0 Å². The van der Waals surface area contributed by atoms with Crippen molar-refractivity contribution >= 4 is 11.5 Å². The van der Waals surface area contributed by atoms with Gasteiger partial charge in [0.15, 0.2) is 0 Å². The molecular formula is C15H16N4. The Morgan fingerprint density at radius 1 is 1.37 bits per heavy atom. The summed E-state index contributed by atoms with van der Waals surface area (Å²) in [6.07, 6.45) is 1.57. The maximum atomic E-state index is 9.14. The average molecular weight is 252 g/mol. The highest BCUT2D eigenvalue weighted by molar-refractivity contribution is 5.58. The molecule has 0 fully saturated rings. The van der Waals surface area contributed by atoms with Crippen molar-refractivity contribution in [2.45, 2.75) is 13.5 Å². The topological polar surface area (TPSA) is 65.9 Å². The Bertz CT molecular complexity index is 628. The summed E-state index contributed by atoms with van der Waals surface area (Å²) in [6.45, 7) is 2.78. The van der Waals surface area contributed by atoms with Gasteiger partial charge < -0.3 is 10.6 Å². The average Bonchev–Trinajstić information content (AvgIpc) is 2.41. The van der Waals surface area contributed by atoms with Gasteiger partial charge in [0.1, 0.15) is 11.9 Å². The number of nitrogen functional groups attached to an aromatic ring is 1. The Morgan fingerprint density at radius 2 is 2.11 bits per heavy atom. The zero-order valence-electron chi connectivity index (χ0n) is 11.1. The molecule has 0 aliphatic heterocycles. The van der Waals surface area contributed by atoms with Gasteiger partial charge in [-0.3, -0.25) is 0 Å². The van der Waals surface area contributed by atoms with Gasteiger partial charge in [0.05, 0.1) is 17.4 Å². The van der Waals surface area contributed by atoms with Crippen LogP contribution in [0.15, 0.2) is 36.5 Å². The Hall–Kier alpha value is -2.54. The Kier molecular flexibility index (Phi) is 3.67. The van der Waals surface area contributed by atoms with Crippen LogP contribution in [0, 0.1) is 18.3 Å². The molecule has 1 aromatic heterocycles. The lowest BCUT2D eigenvalue weighted by molar-refractivity contribution is 0.888. The largest absolute Gasteiger partial charge is 0.397 e. The minimum absolute atomic E-state index is 0.496. The minimum Gasteiger partial charge on any atom is -0.397 e. The van der Waals surface area contributed by atoms with Crippen molar-refractivity contribution in [2.75, 3.05) is 17.7 Å². The van der Waals surface area contributed by atoms with Crippen LogP contribution in [-0.4, -0.2) is 12.0 Å². The van der Waals surface area contributed by atoms with Crippen LogP contribution in [-0.2, 0) is 6.54 Å². The van der Waals surface area contributed by atoms with Crippen LogP contribution in [0.2, 0.25) is 0 Å². The summed E-state index contributed by atoms with van der Waals surface area (Å²) in [5.74, 6) is 0.653. The first kappa shape index (κ1) is 12.9. The highest BCUT2D eigenvalue weighted by atomic mass is 15.2. The van der Waals surface area contributed by atoms with E-state index in [4.69, 9.17) is 11.0 Å². The van der Waals surface area contributed by atoms with E-state index in [0.717, 1.165) is 0 Å². The van der Waals surface area contributed by atoms with E-state index in [9.17, 15) is 0 Å². The summed E-state index contributed by atoms with van der Waals surface area (Å²) in [5, 5.41) is 9.14. The molecule has 0 spiro atoms. The second kappa shape index (κ2) is 5.40. The Labute approximate surface area is 113 Å². The molecule has 0 aliphatic rings. The number of nitriles is 1. The molecule has 2 N–H and O–H groups in total. The van der Waals surface area contributed by atoms with Crippen LogP contribution in [0.3, 0.4) is 0 Å². The fourth-order valence-corrected chi connectivity index (χ4v) is 1.98. The van der Waals surface area contributed by atoms with Gasteiger partial charge in [0.2, 0.25) is 0 Å². The van der Waals surface area contributed by atoms with E-state index in [1.54, 1.807) is 12.3 Å². The third kappa shape index (κ3) is 2.83. The number of nitrogens with zero attached hydrogens (tertiary/aromatic N) is 3. The number of aryl methyl sites for hydroxylation is 1. The molecule has 96 valence electrons. The van der Waals surface area contributed by atoms with E-state index in [1.807, 2.05) is 24.1 Å². The lowest BCUT2D eigenvalue weighted by atomic mass is 10.1. The van der Waals surface area contributed by atoms with Crippen molar-refractivity contribution in [3.63, 3.8) is 0 Å². The van der Waals surface area contributed by atoms with Crippen molar-refractivity contribution in [2.24, 2.45) is 0 Å². The van der Waals surface area contributed by atoms with Crippen molar-refractivity contribution < 1.29 is 0 Å². The number of hydrogen-bond acceptors (Lipinski definition) is 4. The third-order valence-corrected chi connectivity index (χ3v) is 3.04. The number of nitrogens with two attached hydrogens (primary N) is 1. The van der Waals surface area contributed by atoms with Crippen molar-refractivity contribution in [3.05, 3.63) is 53.2 Å². The van der Waals surface area contributed by atoms with E-state index in [0.29, 0.717) is 23.6 Å². The summed E-state index contributed by atoms with van der Waals surface area (Å²) in [7, 11) is 1.92. The summed E-state index contributed by atoms with van der Waals surface area (Å²) in [4.78, 5) is 6.21. The number of aromatic nitrogens is 1. The maximum absolute atomic E-state index is 9.14. The second-order valence-corrected chi connectivity index (χ2v) is 4.53. The van der Waals surface area contributed by atoms with Gasteiger partial charge in [-0.05, 0) is 24.1 Å². The van der Waals surface area contributed by atoms with E-state index < -0.39 is 0 Å². The quantitative estimate of drug-likeness (QED) is 0.911. The molecule has 0 amide bonds. The molecular weight excluding hydrogens is 236 g/mol. The zero-order chi connectivity index (χ0) is 13.8. The maximum Gasteiger partial charge on any atom is 0.146 e. The Balaban J connectivity index is 2.28. The number of pyridine rings is 1. The fraction of sp³-hybridized carbons (Fsp3) is 0.200. The molecule has 1 aromatic carbocycles. The fourth-order valence-electron chi connectivity index (χ4n) is 1.98. The van der Waals surface area contributed by atoms with Gasteiger partial charge in [-0.25, -0.2) is 4.98 Å². The monoisotopic (exact) mass is 252 g/mol. The third-order valence-electron chi connectivity index (χ3n) is 3.04. The lowest BCUT2D eigenvalue weighted by Crippen LogP contribution is -2.19. The van der Waals surface area contributed by atoms with Crippen LogP contribution >= 0.6 is 0 Å². The number of anilines is 2. The lowest BCUT2D eigenvalue weighted by Gasteiger charge is -2.20. The van der Waals surface area contributed by atoms with E-state index in [-0.39, 0.29) is 0 Å². The molecule has 0 unspecified atom stereocenters. The van der Waals surface area contributed by atoms with Crippen LogP contribution in [0.25, 0.3) is 0 Å². The highest BCUT2D eigenvalue weighted by Crippen LogP contribution is 2.20. The molecule has 2 aromatic rings. The van der Waals surface area contributed by atoms with Crippen molar-refractivity contribution in [1.82, 2.24) is 4.98 Å². The molecule has 4 nitrogen and oxygen atoms in total. The zero-order valence-corrected chi connectivity index (χ0v) is 11.1. The smallest absolute Gasteiger partial charge is 0.146 e. The SMILES string of the molecule is Cc1ccccc1CN(C)c1ncc(N)cc1C#N. The summed E-state index contributed by atoms with van der Waals surface area (Å²) in [6, 6.07) is 12.0. The van der Waals surface area contributed by atoms with E-state index in [1.165, 1.54) is 11.1 Å². The molecule has 0 atom stereocenters. The van der Waals surface area contributed by atoms with Crippen LogP contribution < -0.4 is 10.6 Å². The summed E-state index contributed by atoms with van der Waals surface area (Å²) < 4.78 is 0. The van der Waals surface area contributed by atoms with Crippen LogP contribution in [0.1, 0.15) is 16.7 Å². The van der Waals surface area contributed by atoms with Crippen molar-refractivity contribution in [3.8, 4) is 6.07 Å². The van der Waals surface area contributed by atoms with Gasteiger partial charge in [-0.2, -0.15) is 5.26 Å². The van der Waals surface area contributed by atoms with Crippen LogP contribution in [0.5, 0.6) is 0 Å². The molecule has 2 rings (SSSR count). The van der Waals surface area contributed by atoms with E-state index in [2.05, 4.69) is 30.1 Å². The van der Waals surface area contributed by atoms with Crippen LogP contribution in [0.4, 0.5) is 11.5 Å². The molecule has 19 heavy (non-hydrogen) atoms. The first-order chi connectivity index (χ1) is 9.11.